The Morgan fingerprint density at radius 3 is 2.63 bits per heavy atom. The van der Waals surface area contributed by atoms with E-state index < -0.39 is 0 Å². The fourth-order valence-electron chi connectivity index (χ4n) is 1.98. The molecule has 102 valence electrons. The van der Waals surface area contributed by atoms with Crippen LogP contribution in [-0.2, 0) is 6.42 Å². The van der Waals surface area contributed by atoms with Crippen LogP contribution in [0.3, 0.4) is 0 Å². The lowest BCUT2D eigenvalue weighted by molar-refractivity contribution is 0.414. The van der Waals surface area contributed by atoms with Gasteiger partial charge in [-0.25, -0.2) is 4.98 Å². The number of nitrogens with one attached hydrogen (secondary N) is 1. The topological polar surface area (TPSA) is 34.1 Å². The van der Waals surface area contributed by atoms with Crippen LogP contribution in [0.5, 0.6) is 5.75 Å². The molecule has 0 unspecified atom stereocenters. The zero-order valence-corrected chi connectivity index (χ0v) is 12.5. The summed E-state index contributed by atoms with van der Waals surface area (Å²) in [7, 11) is 1.69. The second-order valence-corrected chi connectivity index (χ2v) is 5.50. The third-order valence-corrected chi connectivity index (χ3v) is 4.26. The smallest absolute Gasteiger partial charge is 0.118 e. The first-order valence-electron chi connectivity index (χ1n) is 6.47. The van der Waals surface area contributed by atoms with Crippen LogP contribution in [0, 0.1) is 6.92 Å². The number of benzene rings is 1. The van der Waals surface area contributed by atoms with Crippen molar-refractivity contribution in [3.05, 3.63) is 45.9 Å². The number of thiazole rings is 1. The van der Waals surface area contributed by atoms with Gasteiger partial charge in [0.1, 0.15) is 5.75 Å². The molecule has 1 heterocycles. The summed E-state index contributed by atoms with van der Waals surface area (Å²) in [6, 6.07) is 8.56. The van der Waals surface area contributed by atoms with E-state index in [0.29, 0.717) is 6.04 Å². The molecule has 0 spiro atoms. The minimum absolute atomic E-state index is 0.346. The van der Waals surface area contributed by atoms with E-state index in [2.05, 4.69) is 36.3 Å². The molecule has 19 heavy (non-hydrogen) atoms. The maximum atomic E-state index is 5.17. The number of methoxy groups -OCH3 is 1. The number of rotatable bonds is 6. The summed E-state index contributed by atoms with van der Waals surface area (Å²) < 4.78 is 5.17. The van der Waals surface area contributed by atoms with Crippen molar-refractivity contribution in [3.8, 4) is 5.75 Å². The van der Waals surface area contributed by atoms with E-state index in [1.807, 2.05) is 17.6 Å². The number of hydrogen-bond donors (Lipinski definition) is 1. The molecule has 0 bridgehead atoms. The Kier molecular flexibility index (Phi) is 4.93. The molecule has 0 fully saturated rings. The Bertz CT molecular complexity index is 507. The van der Waals surface area contributed by atoms with E-state index in [9.17, 15) is 0 Å². The van der Waals surface area contributed by atoms with Gasteiger partial charge in [-0.05, 0) is 38.0 Å². The van der Waals surface area contributed by atoms with Crippen molar-refractivity contribution in [1.29, 1.82) is 0 Å². The molecule has 0 radical (unpaired) electrons. The Morgan fingerprint density at radius 2 is 2.05 bits per heavy atom. The van der Waals surface area contributed by atoms with Crippen LogP contribution in [0.4, 0.5) is 0 Å². The first kappa shape index (κ1) is 14.0. The average Bonchev–Trinajstić information content (AvgIpc) is 2.84. The molecule has 0 amide bonds. The summed E-state index contributed by atoms with van der Waals surface area (Å²) in [5.74, 6) is 0.899. The Labute approximate surface area is 118 Å². The van der Waals surface area contributed by atoms with Gasteiger partial charge in [0.2, 0.25) is 0 Å². The zero-order valence-electron chi connectivity index (χ0n) is 11.6. The summed E-state index contributed by atoms with van der Waals surface area (Å²) in [5, 5.41) is 3.54. The zero-order chi connectivity index (χ0) is 13.7. The SMILES string of the molecule is COc1ccc([C@H](C)NCCc2scnc2C)cc1. The van der Waals surface area contributed by atoms with Crippen molar-refractivity contribution < 1.29 is 4.74 Å². The van der Waals surface area contributed by atoms with E-state index in [4.69, 9.17) is 4.74 Å². The second kappa shape index (κ2) is 6.68. The molecule has 2 rings (SSSR count). The lowest BCUT2D eigenvalue weighted by Gasteiger charge is -2.14. The maximum absolute atomic E-state index is 5.17. The minimum Gasteiger partial charge on any atom is -0.497 e. The molecule has 1 atom stereocenters. The third kappa shape index (κ3) is 3.78. The molecular weight excluding hydrogens is 256 g/mol. The first-order chi connectivity index (χ1) is 9.20. The van der Waals surface area contributed by atoms with Gasteiger partial charge in [0.25, 0.3) is 0 Å². The van der Waals surface area contributed by atoms with E-state index in [1.165, 1.54) is 10.4 Å². The fourth-order valence-corrected chi connectivity index (χ4v) is 2.76. The van der Waals surface area contributed by atoms with Gasteiger partial charge in [0.15, 0.2) is 0 Å². The van der Waals surface area contributed by atoms with Gasteiger partial charge in [0.05, 0.1) is 18.3 Å². The molecule has 4 heteroatoms. The standard InChI is InChI=1S/C15H20N2OS/c1-11(13-4-6-14(18-3)7-5-13)16-9-8-15-12(2)17-10-19-15/h4-7,10-11,16H,8-9H2,1-3H3/t11-/m0/s1. The first-order valence-corrected chi connectivity index (χ1v) is 7.35. The molecular formula is C15H20N2OS. The number of aryl methyl sites for hydroxylation is 1. The average molecular weight is 276 g/mol. The quantitative estimate of drug-likeness (QED) is 0.878. The predicted octanol–water partition coefficient (Wildman–Crippen LogP) is 3.35. The highest BCUT2D eigenvalue weighted by Crippen LogP contribution is 2.17. The van der Waals surface area contributed by atoms with Gasteiger partial charge < -0.3 is 10.1 Å². The van der Waals surface area contributed by atoms with Crippen molar-refractivity contribution in [1.82, 2.24) is 10.3 Å². The van der Waals surface area contributed by atoms with Crippen molar-refractivity contribution in [2.24, 2.45) is 0 Å². The largest absolute Gasteiger partial charge is 0.497 e. The van der Waals surface area contributed by atoms with Crippen LogP contribution in [-0.4, -0.2) is 18.6 Å². The molecule has 1 aromatic carbocycles. The molecule has 2 aromatic rings. The Morgan fingerprint density at radius 1 is 1.32 bits per heavy atom. The molecule has 1 N–H and O–H groups in total. The summed E-state index contributed by atoms with van der Waals surface area (Å²) in [6.45, 7) is 5.22. The summed E-state index contributed by atoms with van der Waals surface area (Å²) in [4.78, 5) is 5.64. The number of aromatic nitrogens is 1. The van der Waals surface area contributed by atoms with Gasteiger partial charge in [-0.15, -0.1) is 11.3 Å². The normalized spacial score (nSPS) is 12.4. The summed E-state index contributed by atoms with van der Waals surface area (Å²) >= 11 is 1.73. The monoisotopic (exact) mass is 276 g/mol. The Balaban J connectivity index is 1.83. The second-order valence-electron chi connectivity index (χ2n) is 4.56. The number of hydrogen-bond acceptors (Lipinski definition) is 4. The van der Waals surface area contributed by atoms with Crippen LogP contribution in [0.2, 0.25) is 0 Å². The highest BCUT2D eigenvalue weighted by Gasteiger charge is 2.06. The third-order valence-electron chi connectivity index (χ3n) is 3.26. The summed E-state index contributed by atoms with van der Waals surface area (Å²) in [6.07, 6.45) is 1.04. The Hall–Kier alpha value is -1.39. The minimum atomic E-state index is 0.346. The van der Waals surface area contributed by atoms with Gasteiger partial charge in [-0.3, -0.25) is 0 Å². The molecule has 1 aromatic heterocycles. The fraction of sp³-hybridized carbons (Fsp3) is 0.400. The van der Waals surface area contributed by atoms with Gasteiger partial charge in [-0.1, -0.05) is 12.1 Å². The van der Waals surface area contributed by atoms with E-state index >= 15 is 0 Å². The van der Waals surface area contributed by atoms with Crippen LogP contribution in [0.15, 0.2) is 29.8 Å². The number of ether oxygens (including phenoxy) is 1. The van der Waals surface area contributed by atoms with Gasteiger partial charge in [0, 0.05) is 17.5 Å². The highest BCUT2D eigenvalue weighted by atomic mass is 32.1. The molecule has 0 aliphatic heterocycles. The van der Waals surface area contributed by atoms with E-state index in [-0.39, 0.29) is 0 Å². The van der Waals surface area contributed by atoms with Crippen molar-refractivity contribution in [2.75, 3.05) is 13.7 Å². The molecule has 3 nitrogen and oxygen atoms in total. The lowest BCUT2D eigenvalue weighted by Crippen LogP contribution is -2.21. The van der Waals surface area contributed by atoms with Crippen LogP contribution < -0.4 is 10.1 Å². The molecule has 0 aliphatic carbocycles. The molecule has 0 saturated heterocycles. The van der Waals surface area contributed by atoms with E-state index in [0.717, 1.165) is 24.4 Å². The van der Waals surface area contributed by atoms with Crippen molar-refractivity contribution >= 4 is 11.3 Å². The van der Waals surface area contributed by atoms with Gasteiger partial charge in [-0.2, -0.15) is 0 Å². The molecule has 0 saturated carbocycles. The van der Waals surface area contributed by atoms with E-state index in [1.54, 1.807) is 18.4 Å². The maximum Gasteiger partial charge on any atom is 0.118 e. The van der Waals surface area contributed by atoms with Crippen molar-refractivity contribution in [2.45, 2.75) is 26.3 Å². The number of nitrogens with zero attached hydrogens (tertiary/aromatic N) is 1. The lowest BCUT2D eigenvalue weighted by atomic mass is 10.1. The molecule has 0 aliphatic rings. The van der Waals surface area contributed by atoms with Gasteiger partial charge >= 0.3 is 0 Å². The van der Waals surface area contributed by atoms with Crippen molar-refractivity contribution in [3.63, 3.8) is 0 Å². The predicted molar refractivity (Wildman–Crippen MR) is 80.0 cm³/mol. The van der Waals surface area contributed by atoms with Crippen LogP contribution in [0.1, 0.15) is 29.1 Å². The summed E-state index contributed by atoms with van der Waals surface area (Å²) in [5.41, 5.74) is 4.35. The van der Waals surface area contributed by atoms with Crippen LogP contribution >= 0.6 is 11.3 Å². The highest BCUT2D eigenvalue weighted by molar-refractivity contribution is 7.09. The van der Waals surface area contributed by atoms with Crippen LogP contribution in [0.25, 0.3) is 0 Å².